The first-order valence-electron chi connectivity index (χ1n) is 9.75. The zero-order chi connectivity index (χ0) is 21.5. The van der Waals surface area contributed by atoms with E-state index in [-0.39, 0.29) is 25.6 Å². The van der Waals surface area contributed by atoms with Crippen LogP contribution in [0, 0.1) is 13.8 Å². The first-order chi connectivity index (χ1) is 14.5. The fourth-order valence-corrected chi connectivity index (χ4v) is 2.99. The molecule has 0 fully saturated rings. The number of aromatic nitrogens is 1. The maximum atomic E-state index is 12.8. The van der Waals surface area contributed by atoms with Gasteiger partial charge in [0.1, 0.15) is 18.1 Å². The summed E-state index contributed by atoms with van der Waals surface area (Å²) in [5, 5.41) is 11.2. The number of alkyl carbamates (subject to hydrolysis) is 1. The number of nitrogens with zero attached hydrogens (tertiary/aromatic N) is 1. The SMILES string of the molecule is CCOC(=O)NCCNC(=O)c1cc2ccccc2cc1OCc1c(C)noc1C. The Balaban J connectivity index is 1.75. The second-order valence-corrected chi connectivity index (χ2v) is 6.69. The molecule has 3 rings (SSSR count). The number of fused-ring (bicyclic) bond motifs is 1. The lowest BCUT2D eigenvalue weighted by Gasteiger charge is -2.14. The highest BCUT2D eigenvalue weighted by molar-refractivity contribution is 6.01. The van der Waals surface area contributed by atoms with E-state index in [0.29, 0.717) is 23.7 Å². The van der Waals surface area contributed by atoms with Gasteiger partial charge in [-0.1, -0.05) is 29.4 Å². The van der Waals surface area contributed by atoms with E-state index in [9.17, 15) is 9.59 Å². The summed E-state index contributed by atoms with van der Waals surface area (Å²) < 4.78 is 16.0. The van der Waals surface area contributed by atoms with Gasteiger partial charge in [0.05, 0.1) is 23.4 Å². The van der Waals surface area contributed by atoms with Crippen LogP contribution in [0.3, 0.4) is 0 Å². The van der Waals surface area contributed by atoms with Gasteiger partial charge in [-0.3, -0.25) is 4.79 Å². The van der Waals surface area contributed by atoms with Crippen LogP contribution in [0.2, 0.25) is 0 Å². The van der Waals surface area contributed by atoms with E-state index in [4.69, 9.17) is 14.0 Å². The molecule has 3 aromatic rings. The number of benzene rings is 2. The molecule has 8 heteroatoms. The Kier molecular flexibility index (Phi) is 6.90. The molecule has 0 aliphatic rings. The fraction of sp³-hybridized carbons (Fsp3) is 0.318. The van der Waals surface area contributed by atoms with Crippen molar-refractivity contribution in [3.8, 4) is 5.75 Å². The van der Waals surface area contributed by atoms with E-state index >= 15 is 0 Å². The Morgan fingerprint density at radius 3 is 2.43 bits per heavy atom. The molecule has 158 valence electrons. The number of amides is 2. The van der Waals surface area contributed by atoms with Gasteiger partial charge in [-0.05, 0) is 43.7 Å². The Morgan fingerprint density at radius 2 is 1.77 bits per heavy atom. The summed E-state index contributed by atoms with van der Waals surface area (Å²) in [5.41, 5.74) is 2.02. The quantitative estimate of drug-likeness (QED) is 0.550. The van der Waals surface area contributed by atoms with Gasteiger partial charge in [-0.15, -0.1) is 0 Å². The number of aryl methyl sites for hydroxylation is 2. The van der Waals surface area contributed by atoms with Crippen molar-refractivity contribution in [3.05, 3.63) is 59.0 Å². The molecule has 0 atom stereocenters. The predicted molar refractivity (Wildman–Crippen MR) is 112 cm³/mol. The molecule has 0 spiro atoms. The van der Waals surface area contributed by atoms with E-state index in [1.807, 2.05) is 44.2 Å². The average molecular weight is 411 g/mol. The summed E-state index contributed by atoms with van der Waals surface area (Å²) in [6, 6.07) is 11.4. The van der Waals surface area contributed by atoms with Crippen molar-refractivity contribution in [2.24, 2.45) is 0 Å². The van der Waals surface area contributed by atoms with Gasteiger partial charge in [0.2, 0.25) is 0 Å². The number of nitrogens with one attached hydrogen (secondary N) is 2. The Labute approximate surface area is 174 Å². The lowest BCUT2D eigenvalue weighted by molar-refractivity contribution is 0.0948. The lowest BCUT2D eigenvalue weighted by atomic mass is 10.1. The average Bonchev–Trinajstić information content (AvgIpc) is 3.06. The zero-order valence-corrected chi connectivity index (χ0v) is 17.3. The summed E-state index contributed by atoms with van der Waals surface area (Å²) in [6.45, 7) is 6.45. The highest BCUT2D eigenvalue weighted by Crippen LogP contribution is 2.27. The van der Waals surface area contributed by atoms with Crippen molar-refractivity contribution >= 4 is 22.8 Å². The number of carbonyl (C=O) groups is 2. The van der Waals surface area contributed by atoms with Gasteiger partial charge in [0.25, 0.3) is 5.91 Å². The minimum Gasteiger partial charge on any atom is -0.488 e. The van der Waals surface area contributed by atoms with E-state index in [1.165, 1.54) is 0 Å². The molecular formula is C22H25N3O5. The molecule has 0 saturated heterocycles. The van der Waals surface area contributed by atoms with E-state index in [2.05, 4.69) is 15.8 Å². The predicted octanol–water partition coefficient (Wildman–Crippen LogP) is 3.50. The highest BCUT2D eigenvalue weighted by atomic mass is 16.5. The van der Waals surface area contributed by atoms with Crippen LogP contribution < -0.4 is 15.4 Å². The number of hydrogen-bond donors (Lipinski definition) is 2. The molecule has 1 aromatic heterocycles. The first kappa shape index (κ1) is 21.2. The molecule has 30 heavy (non-hydrogen) atoms. The van der Waals surface area contributed by atoms with E-state index < -0.39 is 6.09 Å². The van der Waals surface area contributed by atoms with Gasteiger partial charge in [-0.2, -0.15) is 0 Å². The molecule has 2 amide bonds. The Morgan fingerprint density at radius 1 is 1.07 bits per heavy atom. The summed E-state index contributed by atoms with van der Waals surface area (Å²) in [6.07, 6.45) is -0.513. The van der Waals surface area contributed by atoms with E-state index in [1.54, 1.807) is 13.0 Å². The molecule has 0 bridgehead atoms. The molecule has 0 aliphatic carbocycles. The summed E-state index contributed by atoms with van der Waals surface area (Å²) >= 11 is 0. The second-order valence-electron chi connectivity index (χ2n) is 6.69. The second kappa shape index (κ2) is 9.78. The van der Waals surface area contributed by atoms with Crippen molar-refractivity contribution in [2.75, 3.05) is 19.7 Å². The first-order valence-corrected chi connectivity index (χ1v) is 9.75. The number of carbonyl (C=O) groups excluding carboxylic acids is 2. The molecule has 0 unspecified atom stereocenters. The fourth-order valence-electron chi connectivity index (χ4n) is 2.99. The van der Waals surface area contributed by atoms with Crippen LogP contribution in [0.1, 0.15) is 34.3 Å². The van der Waals surface area contributed by atoms with Crippen molar-refractivity contribution in [1.29, 1.82) is 0 Å². The molecule has 1 heterocycles. The Bertz CT molecular complexity index is 1020. The minimum atomic E-state index is -0.513. The van der Waals surface area contributed by atoms with Crippen molar-refractivity contribution in [1.82, 2.24) is 15.8 Å². The molecule has 2 N–H and O–H groups in total. The minimum absolute atomic E-state index is 0.240. The molecule has 0 radical (unpaired) electrons. The molecule has 0 saturated carbocycles. The molecule has 0 aliphatic heterocycles. The topological polar surface area (TPSA) is 103 Å². The third-order valence-corrected chi connectivity index (χ3v) is 4.60. The van der Waals surface area contributed by atoms with Crippen LogP contribution in [0.4, 0.5) is 4.79 Å². The maximum absolute atomic E-state index is 12.8. The van der Waals surface area contributed by atoms with Gasteiger partial charge < -0.3 is 24.6 Å². The standard InChI is InChI=1S/C22H25N3O5/c1-4-28-22(27)24-10-9-23-21(26)18-11-16-7-5-6-8-17(16)12-20(18)29-13-19-14(2)25-30-15(19)3/h5-8,11-12H,4,9-10,13H2,1-3H3,(H,23,26)(H,24,27). The van der Waals surface area contributed by atoms with Crippen molar-refractivity contribution in [3.63, 3.8) is 0 Å². The maximum Gasteiger partial charge on any atom is 0.407 e. The zero-order valence-electron chi connectivity index (χ0n) is 17.3. The van der Waals surface area contributed by atoms with Gasteiger partial charge in [0.15, 0.2) is 0 Å². The lowest BCUT2D eigenvalue weighted by Crippen LogP contribution is -2.35. The number of ether oxygens (including phenoxy) is 2. The summed E-state index contributed by atoms with van der Waals surface area (Å²) in [7, 11) is 0. The normalized spacial score (nSPS) is 10.6. The van der Waals surface area contributed by atoms with Gasteiger partial charge >= 0.3 is 6.09 Å². The summed E-state index contributed by atoms with van der Waals surface area (Å²) in [5.74, 6) is 0.856. The summed E-state index contributed by atoms with van der Waals surface area (Å²) in [4.78, 5) is 24.1. The Hall–Kier alpha value is -3.55. The van der Waals surface area contributed by atoms with Gasteiger partial charge in [0, 0.05) is 13.1 Å². The van der Waals surface area contributed by atoms with Crippen LogP contribution >= 0.6 is 0 Å². The van der Waals surface area contributed by atoms with Crippen LogP contribution in [0.15, 0.2) is 40.9 Å². The van der Waals surface area contributed by atoms with Crippen LogP contribution in [-0.4, -0.2) is 36.9 Å². The smallest absolute Gasteiger partial charge is 0.407 e. The van der Waals surface area contributed by atoms with Crippen LogP contribution in [-0.2, 0) is 11.3 Å². The van der Waals surface area contributed by atoms with Crippen molar-refractivity contribution < 1.29 is 23.6 Å². The highest BCUT2D eigenvalue weighted by Gasteiger charge is 2.16. The molecular weight excluding hydrogens is 386 g/mol. The molecule has 2 aromatic carbocycles. The third-order valence-electron chi connectivity index (χ3n) is 4.60. The van der Waals surface area contributed by atoms with E-state index in [0.717, 1.165) is 22.0 Å². The van der Waals surface area contributed by atoms with Gasteiger partial charge in [-0.25, -0.2) is 4.79 Å². The largest absolute Gasteiger partial charge is 0.488 e. The number of rotatable bonds is 8. The van der Waals surface area contributed by atoms with Crippen LogP contribution in [0.5, 0.6) is 5.75 Å². The van der Waals surface area contributed by atoms with Crippen LogP contribution in [0.25, 0.3) is 10.8 Å². The molecule has 8 nitrogen and oxygen atoms in total. The van der Waals surface area contributed by atoms with Crippen molar-refractivity contribution in [2.45, 2.75) is 27.4 Å². The monoisotopic (exact) mass is 411 g/mol. The third kappa shape index (κ3) is 5.08. The number of hydrogen-bond acceptors (Lipinski definition) is 6.